The molecule has 0 spiro atoms. The number of carbonyl (C=O) groups is 2. The van der Waals surface area contributed by atoms with Crippen molar-refractivity contribution in [2.24, 2.45) is 10.3 Å². The number of sulfonamides is 2. The van der Waals surface area contributed by atoms with E-state index in [1.807, 2.05) is 0 Å². The number of hydrogen-bond donors (Lipinski definition) is 4. The van der Waals surface area contributed by atoms with Crippen molar-refractivity contribution in [1.82, 2.24) is 9.97 Å². The molecule has 2 aromatic heterocycles. The zero-order chi connectivity index (χ0) is 43.1. The van der Waals surface area contributed by atoms with E-state index in [0.29, 0.717) is 22.3 Å². The molecule has 0 saturated heterocycles. The number of halogens is 6. The van der Waals surface area contributed by atoms with Crippen LogP contribution in [0.2, 0.25) is 10.3 Å². The fourth-order valence-electron chi connectivity index (χ4n) is 5.58. The van der Waals surface area contributed by atoms with Crippen LogP contribution in [-0.2, 0) is 48.7 Å². The normalized spacial score (nSPS) is 11.6. The Morgan fingerprint density at radius 1 is 0.627 bits per heavy atom. The average Bonchev–Trinajstić information content (AvgIpc) is 3.15. The van der Waals surface area contributed by atoms with E-state index in [4.69, 9.17) is 33.5 Å². The Hall–Kier alpha value is -5.76. The lowest BCUT2D eigenvalue weighted by Crippen LogP contribution is -2.19. The summed E-state index contributed by atoms with van der Waals surface area (Å²) in [7, 11) is -8.27. The number of nitrogens with zero attached hydrogens (tertiary/aromatic N) is 2. The molecule has 2 heterocycles. The largest absolute Gasteiger partial charge is 0.416 e. The number of carbonyl (C=O) groups excluding carboxylic acids is 2. The van der Waals surface area contributed by atoms with Crippen LogP contribution in [0.3, 0.4) is 0 Å². The molecule has 0 aliphatic rings. The highest BCUT2D eigenvalue weighted by molar-refractivity contribution is 7.89. The van der Waals surface area contributed by atoms with Crippen molar-refractivity contribution < 1.29 is 44.0 Å². The standard InChI is InChI=1S/C20H15ClF3N3O3S.C19H15ClFN3O3S/c21-18-8-5-13(11-26-18)15-7-6-14(10-17(15)31(25,29)30)27-19(28)9-12-3-1-2-4-16(12)20(22,23)24;20-18-7-4-13(11-23-18)16-6-5-15(10-17(16)28(22,26)27)24-19(25)9-12-2-1-3-14(21)8-12/h1-8,10-11H,9H2,(H,27,28)(H2,25,29,30);1-8,10-11H,9H2,(H,24,25)(H2,22,26,27). The second-order valence-electron chi connectivity index (χ2n) is 12.5. The number of nitrogens with two attached hydrogens (primary N) is 2. The van der Waals surface area contributed by atoms with Gasteiger partial charge in [0.1, 0.15) is 16.1 Å². The van der Waals surface area contributed by atoms with Gasteiger partial charge in [0.15, 0.2) is 0 Å². The summed E-state index contributed by atoms with van der Waals surface area (Å²) in [5.74, 6) is -1.62. The van der Waals surface area contributed by atoms with E-state index in [2.05, 4.69) is 20.6 Å². The molecule has 0 saturated carbocycles. The highest BCUT2D eigenvalue weighted by Gasteiger charge is 2.33. The summed E-state index contributed by atoms with van der Waals surface area (Å²) in [6.45, 7) is 0. The number of aromatic nitrogens is 2. The number of alkyl halides is 3. The van der Waals surface area contributed by atoms with Gasteiger partial charge in [-0.25, -0.2) is 41.5 Å². The maximum absolute atomic E-state index is 13.2. The maximum atomic E-state index is 13.2. The topological polar surface area (TPSA) is 204 Å². The van der Waals surface area contributed by atoms with Crippen molar-refractivity contribution in [3.8, 4) is 22.3 Å². The Morgan fingerprint density at radius 3 is 1.56 bits per heavy atom. The molecule has 0 radical (unpaired) electrons. The lowest BCUT2D eigenvalue weighted by Gasteiger charge is -2.14. The zero-order valence-corrected chi connectivity index (χ0v) is 33.2. The van der Waals surface area contributed by atoms with Gasteiger partial charge in [0.2, 0.25) is 31.9 Å². The minimum Gasteiger partial charge on any atom is -0.326 e. The van der Waals surface area contributed by atoms with Crippen LogP contribution in [0.4, 0.5) is 28.9 Å². The van der Waals surface area contributed by atoms with Crippen molar-refractivity contribution in [2.45, 2.75) is 28.8 Å². The maximum Gasteiger partial charge on any atom is 0.416 e. The number of amides is 2. The number of primary sulfonamides is 2. The van der Waals surface area contributed by atoms with Crippen LogP contribution < -0.4 is 20.9 Å². The van der Waals surface area contributed by atoms with Crippen LogP contribution in [0.5, 0.6) is 0 Å². The van der Waals surface area contributed by atoms with Gasteiger partial charge in [-0.05, 0) is 77.9 Å². The van der Waals surface area contributed by atoms with Gasteiger partial charge >= 0.3 is 6.18 Å². The zero-order valence-electron chi connectivity index (χ0n) is 30.0. The van der Waals surface area contributed by atoms with Gasteiger partial charge in [0, 0.05) is 46.0 Å². The number of benzene rings is 4. The van der Waals surface area contributed by atoms with Crippen molar-refractivity contribution in [3.05, 3.63) is 154 Å². The van der Waals surface area contributed by atoms with Gasteiger partial charge in [-0.15, -0.1) is 0 Å². The first-order chi connectivity index (χ1) is 27.7. The molecule has 20 heteroatoms. The predicted molar refractivity (Wildman–Crippen MR) is 215 cm³/mol. The molecule has 0 atom stereocenters. The summed E-state index contributed by atoms with van der Waals surface area (Å²) < 4.78 is 101. The van der Waals surface area contributed by atoms with Crippen molar-refractivity contribution >= 4 is 66.4 Å². The number of hydrogen-bond acceptors (Lipinski definition) is 8. The van der Waals surface area contributed by atoms with E-state index in [9.17, 15) is 44.0 Å². The molecule has 4 aromatic carbocycles. The van der Waals surface area contributed by atoms with E-state index in [0.717, 1.165) is 12.1 Å². The Kier molecular flexibility index (Phi) is 13.9. The molecule has 6 N–H and O–H groups in total. The lowest BCUT2D eigenvalue weighted by molar-refractivity contribution is -0.138. The monoisotopic (exact) mass is 888 g/mol. The Morgan fingerprint density at radius 2 is 1.12 bits per heavy atom. The molecule has 0 aliphatic carbocycles. The first kappa shape index (κ1) is 44.3. The summed E-state index contributed by atoms with van der Waals surface area (Å²) in [6, 6.07) is 24.8. The third kappa shape index (κ3) is 12.4. The van der Waals surface area contributed by atoms with Crippen molar-refractivity contribution in [2.75, 3.05) is 10.6 Å². The predicted octanol–water partition coefficient (Wildman–Crippen LogP) is 7.62. The minimum atomic E-state index is -4.61. The van der Waals surface area contributed by atoms with E-state index in [1.165, 1.54) is 85.2 Å². The second-order valence-corrected chi connectivity index (χ2v) is 16.3. The number of rotatable bonds is 10. The minimum absolute atomic E-state index is 0.0594. The van der Waals surface area contributed by atoms with E-state index >= 15 is 0 Å². The highest BCUT2D eigenvalue weighted by atomic mass is 35.5. The molecule has 59 heavy (non-hydrogen) atoms. The number of pyridine rings is 2. The molecule has 306 valence electrons. The summed E-state index contributed by atoms with van der Waals surface area (Å²) in [5, 5.41) is 16.1. The molecule has 12 nitrogen and oxygen atoms in total. The number of nitrogens with one attached hydrogen (secondary N) is 2. The van der Waals surface area contributed by atoms with Crippen LogP contribution in [0, 0.1) is 5.82 Å². The SMILES string of the molecule is NS(=O)(=O)c1cc(NC(=O)Cc2cccc(F)c2)ccc1-c1ccc(Cl)nc1.NS(=O)(=O)c1cc(NC(=O)Cc2ccccc2C(F)(F)F)ccc1-c1ccc(Cl)nc1. The number of anilines is 2. The summed E-state index contributed by atoms with van der Waals surface area (Å²) in [4.78, 5) is 31.9. The van der Waals surface area contributed by atoms with Gasteiger partial charge in [0.25, 0.3) is 0 Å². The first-order valence-corrected chi connectivity index (χ1v) is 20.6. The second kappa shape index (κ2) is 18.4. The smallest absolute Gasteiger partial charge is 0.326 e. The first-order valence-electron chi connectivity index (χ1n) is 16.7. The summed E-state index contributed by atoms with van der Waals surface area (Å²) in [6.07, 6.45) is -2.44. The van der Waals surface area contributed by atoms with Gasteiger partial charge in [-0.3, -0.25) is 9.59 Å². The van der Waals surface area contributed by atoms with Crippen LogP contribution in [0.15, 0.2) is 131 Å². The molecular weight excluding hydrogens is 859 g/mol. The quantitative estimate of drug-likeness (QED) is 0.0794. The van der Waals surface area contributed by atoms with Crippen LogP contribution in [0.25, 0.3) is 22.3 Å². The van der Waals surface area contributed by atoms with Crippen LogP contribution in [0.1, 0.15) is 16.7 Å². The Bertz CT molecular complexity index is 2740. The Balaban J connectivity index is 0.000000225. The van der Waals surface area contributed by atoms with Gasteiger partial charge in [-0.1, -0.05) is 65.7 Å². The van der Waals surface area contributed by atoms with E-state index in [-0.39, 0.29) is 49.0 Å². The van der Waals surface area contributed by atoms with Gasteiger partial charge in [-0.2, -0.15) is 13.2 Å². The van der Waals surface area contributed by atoms with Crippen LogP contribution >= 0.6 is 23.2 Å². The average molecular weight is 890 g/mol. The van der Waals surface area contributed by atoms with E-state index < -0.39 is 55.8 Å². The van der Waals surface area contributed by atoms with E-state index in [1.54, 1.807) is 24.3 Å². The van der Waals surface area contributed by atoms with Crippen molar-refractivity contribution in [1.29, 1.82) is 0 Å². The fraction of sp³-hybridized carbons (Fsp3) is 0.0769. The molecule has 0 fully saturated rings. The lowest BCUT2D eigenvalue weighted by atomic mass is 10.0. The molecule has 0 aliphatic heterocycles. The van der Waals surface area contributed by atoms with Crippen molar-refractivity contribution in [3.63, 3.8) is 0 Å². The molecule has 0 unspecified atom stereocenters. The molecule has 0 bridgehead atoms. The summed E-state index contributed by atoms with van der Waals surface area (Å²) in [5.41, 5.74) is 1.16. The fourth-order valence-corrected chi connectivity index (χ4v) is 7.38. The van der Waals surface area contributed by atoms with Crippen LogP contribution in [-0.4, -0.2) is 38.6 Å². The van der Waals surface area contributed by atoms with Gasteiger partial charge < -0.3 is 10.6 Å². The molecular formula is C39H30Cl2F4N6O6S2. The third-order valence-electron chi connectivity index (χ3n) is 8.15. The van der Waals surface area contributed by atoms with Gasteiger partial charge in [0.05, 0.1) is 28.2 Å². The third-order valence-corrected chi connectivity index (χ3v) is 10.5. The molecule has 6 rings (SSSR count). The molecule has 6 aromatic rings. The summed E-state index contributed by atoms with van der Waals surface area (Å²) >= 11 is 11.5. The highest BCUT2D eigenvalue weighted by Crippen LogP contribution is 2.33. The molecule has 2 amide bonds. The Labute approximate surface area is 345 Å².